The predicted molar refractivity (Wildman–Crippen MR) is 75.5 cm³/mol. The zero-order valence-electron chi connectivity index (χ0n) is 11.0. The molecule has 0 aliphatic carbocycles. The largest absolute Gasteiger partial charge is 0.388 e. The van der Waals surface area contributed by atoms with Crippen LogP contribution in [0.4, 0.5) is 5.95 Å². The minimum absolute atomic E-state index is 0.0268. The number of aliphatic hydroxyl groups is 1. The number of rotatable bonds is 3. The molecule has 0 spiro atoms. The van der Waals surface area contributed by atoms with Crippen LogP contribution in [-0.4, -0.2) is 31.8 Å². The number of aliphatic hydroxyl groups excluding tert-OH is 1. The molecule has 20 heavy (non-hydrogen) atoms. The van der Waals surface area contributed by atoms with Crippen molar-refractivity contribution >= 4 is 27.6 Å². The lowest BCUT2D eigenvalue weighted by Gasteiger charge is -2.16. The number of fused-ring (bicyclic) bond motifs is 1. The number of nitrogen functional groups attached to an aromatic ring is 1. The number of hydrogen-bond donors (Lipinski definition) is 2. The first-order chi connectivity index (χ1) is 9.60. The van der Waals surface area contributed by atoms with Gasteiger partial charge in [-0.2, -0.15) is 4.98 Å². The van der Waals surface area contributed by atoms with Gasteiger partial charge in [0.1, 0.15) is 6.10 Å². The van der Waals surface area contributed by atoms with Crippen LogP contribution in [0.2, 0.25) is 0 Å². The molecule has 8 heteroatoms. The number of hydrogen-bond acceptors (Lipinski definition) is 7. The highest BCUT2D eigenvalue weighted by Crippen LogP contribution is 2.32. The van der Waals surface area contributed by atoms with E-state index in [0.29, 0.717) is 16.8 Å². The molecule has 1 fully saturated rings. The van der Waals surface area contributed by atoms with Crippen LogP contribution in [0.25, 0.3) is 10.3 Å². The smallest absolute Gasteiger partial charge is 0.311 e. The number of nitrogens with two attached hydrogens (primary N) is 1. The topological polar surface area (TPSA) is 103 Å². The molecule has 0 amide bonds. The molecule has 1 aliphatic rings. The van der Waals surface area contributed by atoms with Crippen molar-refractivity contribution in [2.75, 3.05) is 5.73 Å². The summed E-state index contributed by atoms with van der Waals surface area (Å²) in [6, 6.07) is 0. The van der Waals surface area contributed by atoms with Crippen molar-refractivity contribution in [3.05, 3.63) is 15.9 Å². The molecule has 0 radical (unpaired) electrons. The Kier molecular flexibility index (Phi) is 3.45. The van der Waals surface area contributed by atoms with Crippen molar-refractivity contribution in [1.82, 2.24) is 14.5 Å². The van der Waals surface area contributed by atoms with Crippen molar-refractivity contribution in [3.63, 3.8) is 0 Å². The molecule has 3 rings (SSSR count). The summed E-state index contributed by atoms with van der Waals surface area (Å²) >= 11 is 1.03. The maximum atomic E-state index is 12.1. The van der Waals surface area contributed by atoms with Crippen molar-refractivity contribution in [1.29, 1.82) is 0 Å². The molecule has 1 saturated heterocycles. The van der Waals surface area contributed by atoms with E-state index < -0.39 is 12.3 Å². The van der Waals surface area contributed by atoms with E-state index in [2.05, 4.69) is 16.9 Å². The highest BCUT2D eigenvalue weighted by Gasteiger charge is 2.36. The van der Waals surface area contributed by atoms with E-state index in [1.165, 1.54) is 10.8 Å². The first-order valence-corrected chi connectivity index (χ1v) is 7.39. The Hall–Kier alpha value is -1.51. The monoisotopic (exact) mass is 296 g/mol. The zero-order chi connectivity index (χ0) is 14.3. The third-order valence-electron chi connectivity index (χ3n) is 3.41. The van der Waals surface area contributed by atoms with Gasteiger partial charge in [0.2, 0.25) is 5.95 Å². The van der Waals surface area contributed by atoms with Gasteiger partial charge in [-0.25, -0.2) is 4.98 Å². The van der Waals surface area contributed by atoms with Crippen LogP contribution in [0.5, 0.6) is 0 Å². The van der Waals surface area contributed by atoms with Gasteiger partial charge in [-0.1, -0.05) is 24.7 Å². The molecule has 0 bridgehead atoms. The highest BCUT2D eigenvalue weighted by molar-refractivity contribution is 7.16. The molecule has 7 nitrogen and oxygen atoms in total. The van der Waals surface area contributed by atoms with Crippen LogP contribution in [0, 0.1) is 0 Å². The van der Waals surface area contributed by atoms with Crippen LogP contribution < -0.4 is 10.6 Å². The van der Waals surface area contributed by atoms with E-state index >= 15 is 0 Å². The molecule has 2 aromatic rings. The summed E-state index contributed by atoms with van der Waals surface area (Å²) in [5.41, 5.74) is 6.00. The van der Waals surface area contributed by atoms with E-state index in [-0.39, 0.29) is 16.9 Å². The molecule has 0 saturated carbocycles. The van der Waals surface area contributed by atoms with Crippen LogP contribution in [0.3, 0.4) is 0 Å². The van der Waals surface area contributed by atoms with Gasteiger partial charge in [-0.05, 0) is 6.42 Å². The van der Waals surface area contributed by atoms with Crippen molar-refractivity contribution in [2.24, 2.45) is 0 Å². The zero-order valence-corrected chi connectivity index (χ0v) is 11.8. The number of thiazole rings is 1. The van der Waals surface area contributed by atoms with Gasteiger partial charge in [-0.15, -0.1) is 0 Å². The second-order valence-corrected chi connectivity index (χ2v) is 5.89. The first-order valence-electron chi connectivity index (χ1n) is 6.57. The maximum absolute atomic E-state index is 12.1. The normalized spacial score (nSPS) is 26.4. The number of aromatic nitrogens is 3. The first kappa shape index (κ1) is 13.5. The van der Waals surface area contributed by atoms with E-state index in [1.54, 1.807) is 0 Å². The lowest BCUT2D eigenvalue weighted by molar-refractivity contribution is -0.0378. The van der Waals surface area contributed by atoms with E-state index in [9.17, 15) is 9.90 Å². The fraction of sp³-hybridized carbons (Fsp3) is 0.583. The lowest BCUT2D eigenvalue weighted by atomic mass is 10.1. The van der Waals surface area contributed by atoms with Crippen molar-refractivity contribution < 1.29 is 9.84 Å². The van der Waals surface area contributed by atoms with Gasteiger partial charge in [0, 0.05) is 6.42 Å². The average molecular weight is 296 g/mol. The van der Waals surface area contributed by atoms with Gasteiger partial charge in [0.15, 0.2) is 11.9 Å². The Morgan fingerprint density at radius 2 is 2.45 bits per heavy atom. The van der Waals surface area contributed by atoms with E-state index in [4.69, 9.17) is 10.5 Å². The molecule has 2 aromatic heterocycles. The summed E-state index contributed by atoms with van der Waals surface area (Å²) in [7, 11) is 0. The fourth-order valence-electron chi connectivity index (χ4n) is 2.54. The Labute approximate surface area is 119 Å². The standard InChI is InChI=1S/C12H16N4O3S/c1-2-3-6-4-7(17)10(19-6)16-9-8(20-12(16)18)5-14-11(13)15-9/h5-7,10,17H,2-4H2,1H3,(H2,13,14,15). The molecule has 3 atom stereocenters. The summed E-state index contributed by atoms with van der Waals surface area (Å²) in [6.45, 7) is 2.06. The van der Waals surface area contributed by atoms with Gasteiger partial charge >= 0.3 is 4.87 Å². The Morgan fingerprint density at radius 3 is 3.20 bits per heavy atom. The van der Waals surface area contributed by atoms with Crippen molar-refractivity contribution in [2.45, 2.75) is 44.6 Å². The number of ether oxygens (including phenoxy) is 1. The summed E-state index contributed by atoms with van der Waals surface area (Å²) in [6.07, 6.45) is 2.45. The average Bonchev–Trinajstić information content (AvgIpc) is 2.89. The molecular formula is C12H16N4O3S. The third kappa shape index (κ3) is 2.19. The van der Waals surface area contributed by atoms with Crippen LogP contribution in [0.1, 0.15) is 32.4 Å². The minimum Gasteiger partial charge on any atom is -0.388 e. The molecule has 108 valence electrons. The molecule has 3 N–H and O–H groups in total. The van der Waals surface area contributed by atoms with Crippen LogP contribution in [0.15, 0.2) is 11.0 Å². The van der Waals surface area contributed by atoms with Gasteiger partial charge in [0.05, 0.1) is 17.0 Å². The van der Waals surface area contributed by atoms with Gasteiger partial charge in [-0.3, -0.25) is 9.36 Å². The summed E-state index contributed by atoms with van der Waals surface area (Å²) in [5.74, 6) is 0.0987. The summed E-state index contributed by atoms with van der Waals surface area (Å²) in [4.78, 5) is 19.9. The highest BCUT2D eigenvalue weighted by atomic mass is 32.1. The lowest BCUT2D eigenvalue weighted by Crippen LogP contribution is -2.27. The Balaban J connectivity index is 2.04. The van der Waals surface area contributed by atoms with E-state index in [0.717, 1.165) is 24.2 Å². The fourth-order valence-corrected chi connectivity index (χ4v) is 3.36. The Morgan fingerprint density at radius 1 is 1.65 bits per heavy atom. The molecule has 3 heterocycles. The van der Waals surface area contributed by atoms with Gasteiger partial charge in [0.25, 0.3) is 0 Å². The van der Waals surface area contributed by atoms with Crippen LogP contribution >= 0.6 is 11.3 Å². The number of anilines is 1. The van der Waals surface area contributed by atoms with Crippen LogP contribution in [-0.2, 0) is 4.74 Å². The maximum Gasteiger partial charge on any atom is 0.311 e. The summed E-state index contributed by atoms with van der Waals surface area (Å²) in [5, 5.41) is 10.2. The second kappa shape index (κ2) is 5.12. The molecule has 3 unspecified atom stereocenters. The Bertz CT molecular complexity index is 683. The quantitative estimate of drug-likeness (QED) is 0.871. The molecule has 1 aliphatic heterocycles. The molecule has 0 aromatic carbocycles. The van der Waals surface area contributed by atoms with Crippen molar-refractivity contribution in [3.8, 4) is 0 Å². The van der Waals surface area contributed by atoms with E-state index in [1.807, 2.05) is 0 Å². The molecular weight excluding hydrogens is 280 g/mol. The third-order valence-corrected chi connectivity index (χ3v) is 4.29. The summed E-state index contributed by atoms with van der Waals surface area (Å²) < 4.78 is 7.83. The second-order valence-electron chi connectivity index (χ2n) is 4.89. The number of nitrogens with zero attached hydrogens (tertiary/aromatic N) is 3. The SMILES string of the molecule is CCCC1CC(O)C(n2c(=O)sc3cnc(N)nc32)O1. The minimum atomic E-state index is -0.710. The predicted octanol–water partition coefficient (Wildman–Crippen LogP) is 0.884. The van der Waals surface area contributed by atoms with Gasteiger partial charge < -0.3 is 15.6 Å².